The van der Waals surface area contributed by atoms with Gasteiger partial charge in [0.2, 0.25) is 0 Å². The first kappa shape index (κ1) is 8.10. The van der Waals surface area contributed by atoms with Gasteiger partial charge < -0.3 is 4.98 Å². The molecular weight excluding hydrogens is 170 g/mol. The van der Waals surface area contributed by atoms with Crippen LogP contribution < -0.4 is 0 Å². The molecule has 1 nitrogen and oxygen atoms in total. The van der Waals surface area contributed by atoms with Gasteiger partial charge in [0.05, 0.1) is 0 Å². The van der Waals surface area contributed by atoms with E-state index in [-0.39, 0.29) is 0 Å². The number of aromatic amines is 1. The summed E-state index contributed by atoms with van der Waals surface area (Å²) in [5.41, 5.74) is 2.73. The Bertz CT molecular complexity index is 402. The molecular formula is C13H15N. The Kier molecular flexibility index (Phi) is 1.83. The SMILES string of the molecule is c1ccc2[nH]c(C3CCCC3)cc2c1. The van der Waals surface area contributed by atoms with Crippen molar-refractivity contribution in [1.82, 2.24) is 4.98 Å². The Hall–Kier alpha value is -1.24. The largest absolute Gasteiger partial charge is 0.358 e. The summed E-state index contributed by atoms with van der Waals surface area (Å²) in [6.45, 7) is 0. The van der Waals surface area contributed by atoms with E-state index < -0.39 is 0 Å². The van der Waals surface area contributed by atoms with Crippen molar-refractivity contribution in [2.75, 3.05) is 0 Å². The molecule has 0 radical (unpaired) electrons. The van der Waals surface area contributed by atoms with Crippen molar-refractivity contribution in [2.24, 2.45) is 0 Å². The first-order valence-electron chi connectivity index (χ1n) is 5.51. The molecule has 1 N–H and O–H groups in total. The molecule has 1 aliphatic carbocycles. The number of para-hydroxylation sites is 1. The van der Waals surface area contributed by atoms with E-state index in [9.17, 15) is 0 Å². The fraction of sp³-hybridized carbons (Fsp3) is 0.385. The van der Waals surface area contributed by atoms with Crippen molar-refractivity contribution < 1.29 is 0 Å². The van der Waals surface area contributed by atoms with E-state index in [1.54, 1.807) is 0 Å². The van der Waals surface area contributed by atoms with E-state index >= 15 is 0 Å². The van der Waals surface area contributed by atoms with E-state index in [0.29, 0.717) is 0 Å². The number of nitrogens with one attached hydrogen (secondary N) is 1. The number of hydrogen-bond donors (Lipinski definition) is 1. The van der Waals surface area contributed by atoms with Crippen LogP contribution in [0.4, 0.5) is 0 Å². The van der Waals surface area contributed by atoms with Crippen molar-refractivity contribution in [3.8, 4) is 0 Å². The monoisotopic (exact) mass is 185 g/mol. The van der Waals surface area contributed by atoms with Crippen LogP contribution in [0.15, 0.2) is 30.3 Å². The maximum Gasteiger partial charge on any atom is 0.0456 e. The highest BCUT2D eigenvalue weighted by atomic mass is 14.7. The predicted octanol–water partition coefficient (Wildman–Crippen LogP) is 3.83. The molecule has 72 valence electrons. The first-order valence-corrected chi connectivity index (χ1v) is 5.51. The highest BCUT2D eigenvalue weighted by Gasteiger charge is 2.18. The summed E-state index contributed by atoms with van der Waals surface area (Å²) in [6.07, 6.45) is 5.54. The summed E-state index contributed by atoms with van der Waals surface area (Å²) >= 11 is 0. The molecule has 0 spiro atoms. The Labute approximate surface area is 84.1 Å². The quantitative estimate of drug-likeness (QED) is 0.695. The Morgan fingerprint density at radius 2 is 1.86 bits per heavy atom. The lowest BCUT2D eigenvalue weighted by atomic mass is 10.0. The lowest BCUT2D eigenvalue weighted by Gasteiger charge is -2.04. The van der Waals surface area contributed by atoms with Crippen LogP contribution in [0.2, 0.25) is 0 Å². The Balaban J connectivity index is 2.05. The summed E-state index contributed by atoms with van der Waals surface area (Å²) < 4.78 is 0. The van der Waals surface area contributed by atoms with Crippen molar-refractivity contribution in [3.63, 3.8) is 0 Å². The second kappa shape index (κ2) is 3.16. The minimum atomic E-state index is 0.794. The fourth-order valence-electron chi connectivity index (χ4n) is 2.55. The lowest BCUT2D eigenvalue weighted by molar-refractivity contribution is 0.705. The molecule has 1 aliphatic rings. The van der Waals surface area contributed by atoms with Crippen LogP contribution in [-0.4, -0.2) is 4.98 Å². The summed E-state index contributed by atoms with van der Waals surface area (Å²) in [4.78, 5) is 3.54. The van der Waals surface area contributed by atoms with Gasteiger partial charge in [0.25, 0.3) is 0 Å². The number of H-pyrrole nitrogens is 1. The van der Waals surface area contributed by atoms with Gasteiger partial charge in [-0.05, 0) is 36.3 Å². The zero-order valence-electron chi connectivity index (χ0n) is 8.29. The Morgan fingerprint density at radius 3 is 2.64 bits per heavy atom. The second-order valence-corrected chi connectivity index (χ2v) is 4.29. The highest BCUT2D eigenvalue weighted by molar-refractivity contribution is 5.80. The lowest BCUT2D eigenvalue weighted by Crippen LogP contribution is -1.90. The highest BCUT2D eigenvalue weighted by Crippen LogP contribution is 2.34. The first-order chi connectivity index (χ1) is 6.93. The molecule has 1 heterocycles. The van der Waals surface area contributed by atoms with Crippen molar-refractivity contribution in [1.29, 1.82) is 0 Å². The van der Waals surface area contributed by atoms with E-state index in [1.165, 1.54) is 42.3 Å². The molecule has 1 aromatic heterocycles. The van der Waals surface area contributed by atoms with Crippen LogP contribution in [0.3, 0.4) is 0 Å². The number of benzene rings is 1. The van der Waals surface area contributed by atoms with Gasteiger partial charge in [-0.3, -0.25) is 0 Å². The number of aromatic nitrogens is 1. The third-order valence-electron chi connectivity index (χ3n) is 3.35. The van der Waals surface area contributed by atoms with Gasteiger partial charge in [-0.1, -0.05) is 31.0 Å². The zero-order chi connectivity index (χ0) is 9.38. The molecule has 2 aromatic rings. The summed E-state index contributed by atoms with van der Waals surface area (Å²) in [7, 11) is 0. The average molecular weight is 185 g/mol. The van der Waals surface area contributed by atoms with Crippen molar-refractivity contribution >= 4 is 10.9 Å². The molecule has 0 bridgehead atoms. The second-order valence-electron chi connectivity index (χ2n) is 4.29. The van der Waals surface area contributed by atoms with Gasteiger partial charge in [0, 0.05) is 11.2 Å². The van der Waals surface area contributed by atoms with Gasteiger partial charge in [0.15, 0.2) is 0 Å². The van der Waals surface area contributed by atoms with E-state index in [1.807, 2.05) is 0 Å². The average Bonchev–Trinajstić information content (AvgIpc) is 2.86. The third kappa shape index (κ3) is 1.24. The van der Waals surface area contributed by atoms with Gasteiger partial charge in [0.1, 0.15) is 0 Å². The molecule has 1 saturated carbocycles. The molecule has 0 saturated heterocycles. The molecule has 0 amide bonds. The maximum absolute atomic E-state index is 3.54. The standard InChI is InChI=1S/C13H15N/c1-2-6-10(5-1)13-9-11-7-3-4-8-12(11)14-13/h3-4,7-10,14H,1-2,5-6H2. The summed E-state index contributed by atoms with van der Waals surface area (Å²) in [5.74, 6) is 0.794. The van der Waals surface area contributed by atoms with Crippen molar-refractivity contribution in [3.05, 3.63) is 36.0 Å². The van der Waals surface area contributed by atoms with Crippen LogP contribution >= 0.6 is 0 Å². The van der Waals surface area contributed by atoms with Crippen LogP contribution in [0.25, 0.3) is 10.9 Å². The van der Waals surface area contributed by atoms with Crippen LogP contribution in [0, 0.1) is 0 Å². The van der Waals surface area contributed by atoms with Gasteiger partial charge in [-0.25, -0.2) is 0 Å². The fourth-order valence-corrected chi connectivity index (χ4v) is 2.55. The maximum atomic E-state index is 3.54. The zero-order valence-corrected chi connectivity index (χ0v) is 8.29. The Morgan fingerprint density at radius 1 is 1.07 bits per heavy atom. The van der Waals surface area contributed by atoms with E-state index in [4.69, 9.17) is 0 Å². The van der Waals surface area contributed by atoms with Gasteiger partial charge in [-0.15, -0.1) is 0 Å². The van der Waals surface area contributed by atoms with Crippen molar-refractivity contribution in [2.45, 2.75) is 31.6 Å². The minimum Gasteiger partial charge on any atom is -0.358 e. The third-order valence-corrected chi connectivity index (χ3v) is 3.35. The molecule has 14 heavy (non-hydrogen) atoms. The smallest absolute Gasteiger partial charge is 0.0456 e. The minimum absolute atomic E-state index is 0.794. The number of rotatable bonds is 1. The van der Waals surface area contributed by atoms with Gasteiger partial charge >= 0.3 is 0 Å². The normalized spacial score (nSPS) is 18.0. The van der Waals surface area contributed by atoms with Gasteiger partial charge in [-0.2, -0.15) is 0 Å². The topological polar surface area (TPSA) is 15.8 Å². The molecule has 1 aromatic carbocycles. The molecule has 3 rings (SSSR count). The molecule has 0 atom stereocenters. The molecule has 1 heteroatoms. The van der Waals surface area contributed by atoms with E-state index in [2.05, 4.69) is 35.3 Å². The molecule has 1 fully saturated rings. The van der Waals surface area contributed by atoms with Crippen LogP contribution in [0.5, 0.6) is 0 Å². The number of fused-ring (bicyclic) bond motifs is 1. The molecule has 0 unspecified atom stereocenters. The predicted molar refractivity (Wildman–Crippen MR) is 59.5 cm³/mol. The number of hydrogen-bond acceptors (Lipinski definition) is 0. The van der Waals surface area contributed by atoms with E-state index in [0.717, 1.165) is 5.92 Å². The summed E-state index contributed by atoms with van der Waals surface area (Å²) in [5, 5.41) is 1.36. The van der Waals surface area contributed by atoms with Crippen LogP contribution in [-0.2, 0) is 0 Å². The summed E-state index contributed by atoms with van der Waals surface area (Å²) in [6, 6.07) is 10.9. The van der Waals surface area contributed by atoms with Crippen LogP contribution in [0.1, 0.15) is 37.3 Å². The molecule has 0 aliphatic heterocycles.